The summed E-state index contributed by atoms with van der Waals surface area (Å²) >= 11 is 0. The SMILES string of the molecule is c1ccc(Nc2ccccc2Nc2ccc(-c3cc4c(c5ccccc35)C3(c5ccccc5-c5ccccc53)c3c-4c4ccccc4c4ccccc34)cc2)cc1. The van der Waals surface area contributed by atoms with Gasteiger partial charge in [0.15, 0.2) is 0 Å². The number of rotatable bonds is 5. The summed E-state index contributed by atoms with van der Waals surface area (Å²) in [6.07, 6.45) is 0. The Balaban J connectivity index is 1.10. The van der Waals surface area contributed by atoms with Gasteiger partial charge in [0, 0.05) is 11.4 Å². The summed E-state index contributed by atoms with van der Waals surface area (Å²) in [5.74, 6) is 0. The quantitative estimate of drug-likeness (QED) is 0.173. The first-order valence-electron chi connectivity index (χ1n) is 19.8. The Kier molecular flexibility index (Phi) is 6.88. The molecule has 2 nitrogen and oxygen atoms in total. The van der Waals surface area contributed by atoms with E-state index in [-0.39, 0.29) is 0 Å². The van der Waals surface area contributed by atoms with Gasteiger partial charge >= 0.3 is 0 Å². The maximum Gasteiger partial charge on any atom is 0.0737 e. The van der Waals surface area contributed by atoms with Crippen LogP contribution in [0.4, 0.5) is 22.7 Å². The van der Waals surface area contributed by atoms with Crippen molar-refractivity contribution in [3.05, 3.63) is 229 Å². The van der Waals surface area contributed by atoms with Gasteiger partial charge < -0.3 is 10.6 Å². The molecule has 1 spiro atoms. The highest BCUT2D eigenvalue weighted by Crippen LogP contribution is 2.67. The molecule has 2 aliphatic rings. The fourth-order valence-electron chi connectivity index (χ4n) is 10.2. The number of anilines is 4. The summed E-state index contributed by atoms with van der Waals surface area (Å²) in [7, 11) is 0. The first-order valence-corrected chi connectivity index (χ1v) is 19.8. The topological polar surface area (TPSA) is 24.1 Å². The average Bonchev–Trinajstić information content (AvgIpc) is 3.75. The predicted octanol–water partition coefficient (Wildman–Crippen LogP) is 14.6. The molecule has 2 heteroatoms. The van der Waals surface area contributed by atoms with Crippen LogP contribution in [-0.2, 0) is 5.41 Å². The van der Waals surface area contributed by atoms with Crippen LogP contribution in [0, 0.1) is 0 Å². The van der Waals surface area contributed by atoms with E-state index in [1.54, 1.807) is 0 Å². The number of fused-ring (bicyclic) bond motifs is 17. The maximum absolute atomic E-state index is 3.69. The van der Waals surface area contributed by atoms with E-state index in [4.69, 9.17) is 0 Å². The van der Waals surface area contributed by atoms with Crippen molar-refractivity contribution >= 4 is 55.1 Å². The van der Waals surface area contributed by atoms with Gasteiger partial charge in [-0.05, 0) is 130 Å². The Morgan fingerprint density at radius 1 is 0.298 bits per heavy atom. The number of hydrogen-bond donors (Lipinski definition) is 2. The molecule has 0 aromatic heterocycles. The van der Waals surface area contributed by atoms with E-state index in [1.165, 1.54) is 88.0 Å². The molecule has 57 heavy (non-hydrogen) atoms. The minimum absolute atomic E-state index is 0.491. The molecule has 0 atom stereocenters. The molecule has 0 heterocycles. The molecule has 0 unspecified atom stereocenters. The molecule has 0 saturated carbocycles. The van der Waals surface area contributed by atoms with Crippen molar-refractivity contribution in [1.29, 1.82) is 0 Å². The van der Waals surface area contributed by atoms with Crippen molar-refractivity contribution in [2.75, 3.05) is 10.6 Å². The summed E-state index contributed by atoms with van der Waals surface area (Å²) in [6.45, 7) is 0. The second-order valence-corrected chi connectivity index (χ2v) is 15.3. The van der Waals surface area contributed by atoms with Gasteiger partial charge in [-0.1, -0.05) is 164 Å². The molecule has 10 aromatic rings. The molecule has 266 valence electrons. The van der Waals surface area contributed by atoms with Gasteiger partial charge in [-0.3, -0.25) is 0 Å². The van der Waals surface area contributed by atoms with Gasteiger partial charge in [-0.2, -0.15) is 0 Å². The number of hydrogen-bond acceptors (Lipinski definition) is 2. The Morgan fingerprint density at radius 2 is 0.754 bits per heavy atom. The normalized spacial score (nSPS) is 13.1. The van der Waals surface area contributed by atoms with E-state index in [0.29, 0.717) is 0 Å². The van der Waals surface area contributed by atoms with Gasteiger partial charge in [-0.15, -0.1) is 0 Å². The molecule has 12 rings (SSSR count). The lowest BCUT2D eigenvalue weighted by Crippen LogP contribution is -2.26. The Labute approximate surface area is 331 Å². The Hall–Kier alpha value is -7.42. The molecular formula is C55H36N2. The molecule has 2 N–H and O–H groups in total. The summed E-state index contributed by atoms with van der Waals surface area (Å²) in [4.78, 5) is 0. The van der Waals surface area contributed by atoms with Crippen LogP contribution in [0.5, 0.6) is 0 Å². The molecular weight excluding hydrogens is 689 g/mol. The summed E-state index contributed by atoms with van der Waals surface area (Å²) in [5.41, 5.74) is 16.9. The van der Waals surface area contributed by atoms with Gasteiger partial charge in [0.25, 0.3) is 0 Å². The summed E-state index contributed by atoms with van der Waals surface area (Å²) < 4.78 is 0. The summed E-state index contributed by atoms with van der Waals surface area (Å²) in [6, 6.07) is 75.7. The fourth-order valence-corrected chi connectivity index (χ4v) is 10.2. The van der Waals surface area contributed by atoms with Crippen LogP contribution in [-0.4, -0.2) is 0 Å². The van der Waals surface area contributed by atoms with Gasteiger partial charge in [0.05, 0.1) is 16.8 Å². The third kappa shape index (κ3) is 4.53. The number of nitrogens with one attached hydrogen (secondary N) is 2. The van der Waals surface area contributed by atoms with Crippen molar-refractivity contribution < 1.29 is 0 Å². The predicted molar refractivity (Wildman–Crippen MR) is 240 cm³/mol. The third-order valence-electron chi connectivity index (χ3n) is 12.4. The van der Waals surface area contributed by atoms with E-state index < -0.39 is 5.41 Å². The highest BCUT2D eigenvalue weighted by Gasteiger charge is 2.54. The highest BCUT2D eigenvalue weighted by molar-refractivity contribution is 6.22. The van der Waals surface area contributed by atoms with Gasteiger partial charge in [-0.25, -0.2) is 0 Å². The van der Waals surface area contributed by atoms with E-state index in [1.807, 2.05) is 6.07 Å². The standard InChI is InChI=1S/C55H36N2/c1-2-16-36(17-3-1)56-50-28-14-15-29-51(50)57-37-32-30-35(31-33-37)46-34-47-52-43-23-7-4-18-38(43)39-19-5-9-25-45(39)54(52)55(53(47)44-24-8-6-20-40(44)46)48-26-12-10-21-41(48)42-22-11-13-27-49(42)55/h1-34,56-57H. The zero-order chi connectivity index (χ0) is 37.5. The Bertz CT molecular complexity index is 3190. The first kappa shape index (κ1) is 31.9. The number of para-hydroxylation sites is 3. The average molecular weight is 725 g/mol. The smallest absolute Gasteiger partial charge is 0.0737 e. The zero-order valence-corrected chi connectivity index (χ0v) is 31.1. The lowest BCUT2D eigenvalue weighted by molar-refractivity contribution is 0.809. The van der Waals surface area contributed by atoms with Gasteiger partial charge in [0.2, 0.25) is 0 Å². The van der Waals surface area contributed by atoms with Crippen LogP contribution >= 0.6 is 0 Å². The lowest BCUT2D eigenvalue weighted by Gasteiger charge is -2.33. The van der Waals surface area contributed by atoms with Crippen molar-refractivity contribution in [3.8, 4) is 33.4 Å². The van der Waals surface area contributed by atoms with Gasteiger partial charge in [0.1, 0.15) is 0 Å². The highest BCUT2D eigenvalue weighted by atomic mass is 15.0. The van der Waals surface area contributed by atoms with E-state index in [9.17, 15) is 0 Å². The van der Waals surface area contributed by atoms with Crippen molar-refractivity contribution in [3.63, 3.8) is 0 Å². The van der Waals surface area contributed by atoms with Crippen LogP contribution in [0.25, 0.3) is 65.7 Å². The first-order chi connectivity index (χ1) is 28.3. The largest absolute Gasteiger partial charge is 0.354 e. The molecule has 0 saturated heterocycles. The van der Waals surface area contributed by atoms with Crippen LogP contribution in [0.3, 0.4) is 0 Å². The minimum Gasteiger partial charge on any atom is -0.354 e. The van der Waals surface area contributed by atoms with Crippen molar-refractivity contribution in [2.45, 2.75) is 5.41 Å². The van der Waals surface area contributed by atoms with Crippen molar-refractivity contribution in [2.24, 2.45) is 0 Å². The maximum atomic E-state index is 3.69. The lowest BCUT2D eigenvalue weighted by atomic mass is 9.68. The monoisotopic (exact) mass is 724 g/mol. The van der Waals surface area contributed by atoms with E-state index in [2.05, 4.69) is 211 Å². The Morgan fingerprint density at radius 3 is 1.39 bits per heavy atom. The zero-order valence-electron chi connectivity index (χ0n) is 31.1. The summed E-state index contributed by atoms with van der Waals surface area (Å²) in [5, 5.41) is 15.0. The number of benzene rings is 10. The molecule has 0 radical (unpaired) electrons. The molecule has 0 fully saturated rings. The second kappa shape index (κ2) is 12.3. The fraction of sp³-hybridized carbons (Fsp3) is 0.0182. The van der Waals surface area contributed by atoms with Crippen LogP contribution in [0.15, 0.2) is 206 Å². The molecule has 2 aliphatic carbocycles. The molecule has 0 amide bonds. The van der Waals surface area contributed by atoms with E-state index in [0.717, 1.165) is 22.7 Å². The van der Waals surface area contributed by atoms with Crippen LogP contribution in [0.1, 0.15) is 22.3 Å². The van der Waals surface area contributed by atoms with E-state index >= 15 is 0 Å². The third-order valence-corrected chi connectivity index (χ3v) is 12.4. The molecule has 0 bridgehead atoms. The van der Waals surface area contributed by atoms with Crippen LogP contribution < -0.4 is 10.6 Å². The molecule has 0 aliphatic heterocycles. The van der Waals surface area contributed by atoms with Crippen molar-refractivity contribution in [1.82, 2.24) is 0 Å². The minimum atomic E-state index is -0.491. The second-order valence-electron chi connectivity index (χ2n) is 15.3. The molecule has 10 aromatic carbocycles. The van der Waals surface area contributed by atoms with Crippen LogP contribution in [0.2, 0.25) is 0 Å².